The van der Waals surface area contributed by atoms with Gasteiger partial charge in [0.1, 0.15) is 0 Å². The second-order valence-corrected chi connectivity index (χ2v) is 6.21. The largest absolute Gasteiger partial charge is 0.192 e. The summed E-state index contributed by atoms with van der Waals surface area (Å²) in [5, 5.41) is 9.62. The molecule has 0 radical (unpaired) electrons. The quantitative estimate of drug-likeness (QED) is 0.521. The molecule has 0 aliphatic rings. The van der Waals surface area contributed by atoms with Crippen molar-refractivity contribution in [3.05, 3.63) is 68.8 Å². The molecule has 22 heavy (non-hydrogen) atoms. The molecule has 0 spiro atoms. The number of rotatable bonds is 2. The molecule has 0 aliphatic heterocycles. The van der Waals surface area contributed by atoms with Gasteiger partial charge in [-0.25, -0.2) is 0 Å². The van der Waals surface area contributed by atoms with Gasteiger partial charge in [-0.2, -0.15) is 5.26 Å². The highest BCUT2D eigenvalue weighted by atomic mass is 14.3. The molecular weight excluding hydrogens is 266 g/mol. The van der Waals surface area contributed by atoms with Crippen molar-refractivity contribution in [1.29, 1.82) is 5.26 Å². The van der Waals surface area contributed by atoms with Gasteiger partial charge < -0.3 is 0 Å². The normalized spacial score (nSPS) is 11.4. The molecule has 0 atom stereocenters. The lowest BCUT2D eigenvalue weighted by Gasteiger charge is -2.11. The summed E-state index contributed by atoms with van der Waals surface area (Å²) in [7, 11) is 0. The first-order valence-corrected chi connectivity index (χ1v) is 7.61. The van der Waals surface area contributed by atoms with Gasteiger partial charge in [-0.3, -0.25) is 0 Å². The van der Waals surface area contributed by atoms with E-state index in [1.54, 1.807) is 0 Å². The highest BCUT2D eigenvalue weighted by Gasteiger charge is 2.08. The molecule has 0 heterocycles. The Morgan fingerprint density at radius 3 is 1.82 bits per heavy atom. The fourth-order valence-electron chi connectivity index (χ4n) is 2.71. The van der Waals surface area contributed by atoms with Gasteiger partial charge in [-0.15, -0.1) is 0 Å². The summed E-state index contributed by atoms with van der Waals surface area (Å²) in [6.07, 6.45) is 2.01. The van der Waals surface area contributed by atoms with Crippen molar-refractivity contribution in [3.63, 3.8) is 0 Å². The van der Waals surface area contributed by atoms with Gasteiger partial charge in [0.25, 0.3) is 0 Å². The van der Waals surface area contributed by atoms with Gasteiger partial charge in [0, 0.05) is 0 Å². The van der Waals surface area contributed by atoms with Crippen molar-refractivity contribution in [3.8, 4) is 6.07 Å². The minimum atomic E-state index is 0.729. The van der Waals surface area contributed by atoms with Crippen LogP contribution in [0.3, 0.4) is 0 Å². The molecule has 0 saturated carbocycles. The maximum Gasteiger partial charge on any atom is 0.0998 e. The predicted octanol–water partition coefficient (Wildman–Crippen LogP) is 5.60. The van der Waals surface area contributed by atoms with Crippen LogP contribution in [0.4, 0.5) is 0 Å². The third-order valence-electron chi connectivity index (χ3n) is 4.43. The maximum absolute atomic E-state index is 9.62. The SMILES string of the molecule is Cc1cc(C)c(/C=C(\C#N)c2cc(C)c(C)cc2C)cc1C. The topological polar surface area (TPSA) is 23.8 Å². The van der Waals surface area contributed by atoms with Crippen LogP contribution < -0.4 is 0 Å². The number of hydrogen-bond donors (Lipinski definition) is 0. The molecule has 0 aliphatic carbocycles. The average Bonchev–Trinajstić information content (AvgIpc) is 2.46. The second kappa shape index (κ2) is 6.20. The fraction of sp³-hybridized carbons (Fsp3) is 0.286. The Labute approximate surface area is 133 Å². The first-order chi connectivity index (χ1) is 10.3. The molecule has 0 N–H and O–H groups in total. The highest BCUT2D eigenvalue weighted by Crippen LogP contribution is 2.26. The zero-order valence-corrected chi connectivity index (χ0v) is 14.3. The van der Waals surface area contributed by atoms with Crippen LogP contribution in [0.15, 0.2) is 24.3 Å². The number of nitriles is 1. The lowest BCUT2D eigenvalue weighted by molar-refractivity contribution is 1.28. The van der Waals surface area contributed by atoms with Crippen molar-refractivity contribution in [2.24, 2.45) is 0 Å². The van der Waals surface area contributed by atoms with E-state index in [4.69, 9.17) is 0 Å². The Morgan fingerprint density at radius 2 is 1.23 bits per heavy atom. The third-order valence-corrected chi connectivity index (χ3v) is 4.43. The van der Waals surface area contributed by atoms with E-state index in [-0.39, 0.29) is 0 Å². The first kappa shape index (κ1) is 16.0. The lowest BCUT2D eigenvalue weighted by atomic mass is 9.93. The molecule has 0 amide bonds. The summed E-state index contributed by atoms with van der Waals surface area (Å²) in [6, 6.07) is 11.0. The van der Waals surface area contributed by atoms with Crippen molar-refractivity contribution >= 4 is 11.6 Å². The van der Waals surface area contributed by atoms with Crippen molar-refractivity contribution in [2.75, 3.05) is 0 Å². The van der Waals surface area contributed by atoms with E-state index in [0.29, 0.717) is 0 Å². The number of hydrogen-bond acceptors (Lipinski definition) is 1. The molecule has 0 unspecified atom stereocenters. The summed E-state index contributed by atoms with van der Waals surface area (Å²) in [6.45, 7) is 12.6. The summed E-state index contributed by atoms with van der Waals surface area (Å²) in [4.78, 5) is 0. The zero-order chi connectivity index (χ0) is 16.4. The minimum Gasteiger partial charge on any atom is -0.192 e. The van der Waals surface area contributed by atoms with Gasteiger partial charge in [-0.05, 0) is 92.1 Å². The predicted molar refractivity (Wildman–Crippen MR) is 94.8 cm³/mol. The van der Waals surface area contributed by atoms with E-state index in [9.17, 15) is 5.26 Å². The maximum atomic E-state index is 9.62. The van der Waals surface area contributed by atoms with Crippen LogP contribution in [-0.4, -0.2) is 0 Å². The molecule has 0 bridgehead atoms. The Morgan fingerprint density at radius 1 is 0.727 bits per heavy atom. The molecule has 2 rings (SSSR count). The molecule has 1 heteroatoms. The van der Waals surface area contributed by atoms with Crippen molar-refractivity contribution in [2.45, 2.75) is 41.5 Å². The smallest absolute Gasteiger partial charge is 0.0998 e. The standard InChI is InChI=1S/C21H23N/c1-13-7-17(5)19(9-15(13)3)11-20(12-22)21-10-16(4)14(2)8-18(21)6/h7-11H,1-6H3/b20-11+. The fourth-order valence-corrected chi connectivity index (χ4v) is 2.71. The van der Waals surface area contributed by atoms with E-state index in [1.165, 1.54) is 27.8 Å². The molecule has 0 saturated heterocycles. The van der Waals surface area contributed by atoms with Gasteiger partial charge in [0.2, 0.25) is 0 Å². The van der Waals surface area contributed by atoms with Crippen LogP contribution in [0.25, 0.3) is 11.6 Å². The molecular formula is C21H23N. The number of benzene rings is 2. The van der Waals surface area contributed by atoms with Crippen LogP contribution in [0, 0.1) is 52.9 Å². The summed E-state index contributed by atoms with van der Waals surface area (Å²) >= 11 is 0. The Kier molecular flexibility index (Phi) is 4.52. The van der Waals surface area contributed by atoms with E-state index < -0.39 is 0 Å². The Bertz CT molecular complexity index is 802. The van der Waals surface area contributed by atoms with E-state index >= 15 is 0 Å². The molecule has 112 valence electrons. The zero-order valence-electron chi connectivity index (χ0n) is 14.3. The van der Waals surface area contributed by atoms with Crippen LogP contribution in [0.5, 0.6) is 0 Å². The van der Waals surface area contributed by atoms with Gasteiger partial charge in [-0.1, -0.05) is 24.3 Å². The van der Waals surface area contributed by atoms with Crippen molar-refractivity contribution in [1.82, 2.24) is 0 Å². The third kappa shape index (κ3) is 3.12. The van der Waals surface area contributed by atoms with Crippen LogP contribution in [-0.2, 0) is 0 Å². The summed E-state index contributed by atoms with van der Waals surface area (Å²) < 4.78 is 0. The summed E-state index contributed by atoms with van der Waals surface area (Å²) in [5.74, 6) is 0. The second-order valence-electron chi connectivity index (χ2n) is 6.21. The first-order valence-electron chi connectivity index (χ1n) is 7.61. The van der Waals surface area contributed by atoms with Crippen LogP contribution in [0.2, 0.25) is 0 Å². The number of aryl methyl sites for hydroxylation is 6. The van der Waals surface area contributed by atoms with Gasteiger partial charge in [0.05, 0.1) is 11.6 Å². The monoisotopic (exact) mass is 289 g/mol. The van der Waals surface area contributed by atoms with Crippen LogP contribution >= 0.6 is 0 Å². The molecule has 0 fully saturated rings. The highest BCUT2D eigenvalue weighted by molar-refractivity contribution is 5.91. The number of allylic oxidation sites excluding steroid dienone is 1. The Hall–Kier alpha value is -2.33. The molecule has 2 aromatic rings. The number of nitrogens with zero attached hydrogens (tertiary/aromatic N) is 1. The molecule has 0 aromatic heterocycles. The molecule has 1 nitrogen and oxygen atoms in total. The van der Waals surface area contributed by atoms with Crippen molar-refractivity contribution < 1.29 is 0 Å². The van der Waals surface area contributed by atoms with E-state index in [2.05, 4.69) is 71.9 Å². The van der Waals surface area contributed by atoms with Crippen LogP contribution in [0.1, 0.15) is 44.5 Å². The van der Waals surface area contributed by atoms with E-state index in [0.717, 1.165) is 22.3 Å². The molecule has 2 aromatic carbocycles. The lowest BCUT2D eigenvalue weighted by Crippen LogP contribution is -1.93. The van der Waals surface area contributed by atoms with Gasteiger partial charge in [0.15, 0.2) is 0 Å². The van der Waals surface area contributed by atoms with E-state index in [1.807, 2.05) is 6.08 Å². The van der Waals surface area contributed by atoms with Gasteiger partial charge >= 0.3 is 0 Å². The average molecular weight is 289 g/mol. The summed E-state index contributed by atoms with van der Waals surface area (Å²) in [5.41, 5.74) is 10.3. The Balaban J connectivity index is 2.61. The minimum absolute atomic E-state index is 0.729.